The summed E-state index contributed by atoms with van der Waals surface area (Å²) >= 11 is 0. The lowest BCUT2D eigenvalue weighted by Gasteiger charge is -2.32. The van der Waals surface area contributed by atoms with Gasteiger partial charge >= 0.3 is 0 Å². The van der Waals surface area contributed by atoms with E-state index in [0.717, 1.165) is 37.1 Å². The lowest BCUT2D eigenvalue weighted by atomic mass is 9.99. The van der Waals surface area contributed by atoms with Crippen LogP contribution in [0, 0.1) is 29.9 Å². The fraction of sp³-hybridized carbons (Fsp3) is 0.381. The molecule has 1 saturated heterocycles. The van der Waals surface area contributed by atoms with Crippen LogP contribution >= 0.6 is 0 Å². The number of rotatable bonds is 4. The molecular weight excluding hydrogens is 342 g/mol. The van der Waals surface area contributed by atoms with E-state index < -0.39 is 4.92 Å². The standard InChI is InChI=1S/C21H25N3O3/c1-14-5-4-8-23(13-14)19-7-6-17(12-20(19)24(26)27)21(25)22-18-10-15(2)9-16(3)11-18/h6-7,9-12,14H,4-5,8,13H2,1-3H3,(H,22,25). The Balaban J connectivity index is 1.86. The van der Waals surface area contributed by atoms with Crippen molar-refractivity contribution in [2.24, 2.45) is 5.92 Å². The van der Waals surface area contributed by atoms with Crippen molar-refractivity contribution < 1.29 is 9.72 Å². The van der Waals surface area contributed by atoms with Crippen LogP contribution < -0.4 is 10.2 Å². The first-order valence-corrected chi connectivity index (χ1v) is 9.26. The third-order valence-electron chi connectivity index (χ3n) is 4.91. The van der Waals surface area contributed by atoms with Crippen molar-refractivity contribution in [1.82, 2.24) is 0 Å². The second-order valence-electron chi connectivity index (χ2n) is 7.48. The third-order valence-corrected chi connectivity index (χ3v) is 4.91. The number of piperidine rings is 1. The number of nitro benzene ring substituents is 1. The predicted octanol–water partition coefficient (Wildman–Crippen LogP) is 4.70. The number of hydrogen-bond donors (Lipinski definition) is 1. The number of benzene rings is 2. The maximum absolute atomic E-state index is 12.6. The minimum atomic E-state index is -0.401. The normalized spacial score (nSPS) is 16.9. The molecule has 27 heavy (non-hydrogen) atoms. The smallest absolute Gasteiger partial charge is 0.293 e. The van der Waals surface area contributed by atoms with Crippen molar-refractivity contribution in [3.05, 3.63) is 63.2 Å². The number of nitrogens with zero attached hydrogens (tertiary/aromatic N) is 2. The molecule has 0 saturated carbocycles. The Bertz CT molecular complexity index is 859. The molecule has 0 radical (unpaired) electrons. The van der Waals surface area contributed by atoms with Gasteiger partial charge in [0.15, 0.2) is 0 Å². The molecule has 0 aliphatic carbocycles. The highest BCUT2D eigenvalue weighted by Crippen LogP contribution is 2.32. The molecule has 0 bridgehead atoms. The van der Waals surface area contributed by atoms with Gasteiger partial charge in [0, 0.05) is 30.4 Å². The first kappa shape index (κ1) is 18.9. The fourth-order valence-electron chi connectivity index (χ4n) is 3.74. The van der Waals surface area contributed by atoms with Gasteiger partial charge in [0.1, 0.15) is 5.69 Å². The van der Waals surface area contributed by atoms with Crippen molar-refractivity contribution in [1.29, 1.82) is 0 Å². The Morgan fingerprint density at radius 1 is 1.19 bits per heavy atom. The Labute approximate surface area is 159 Å². The Morgan fingerprint density at radius 2 is 1.89 bits per heavy atom. The van der Waals surface area contributed by atoms with Crippen LogP contribution in [0.2, 0.25) is 0 Å². The lowest BCUT2D eigenvalue weighted by Crippen LogP contribution is -2.34. The highest BCUT2D eigenvalue weighted by atomic mass is 16.6. The van der Waals surface area contributed by atoms with Gasteiger partial charge < -0.3 is 10.2 Å². The van der Waals surface area contributed by atoms with Crippen LogP contribution in [0.5, 0.6) is 0 Å². The monoisotopic (exact) mass is 367 g/mol. The molecule has 1 N–H and O–H groups in total. The zero-order chi connectivity index (χ0) is 19.6. The number of carbonyl (C=O) groups is 1. The van der Waals surface area contributed by atoms with Crippen molar-refractivity contribution >= 4 is 23.0 Å². The minimum Gasteiger partial charge on any atom is -0.366 e. The largest absolute Gasteiger partial charge is 0.366 e. The van der Waals surface area contributed by atoms with Crippen molar-refractivity contribution in [2.45, 2.75) is 33.6 Å². The summed E-state index contributed by atoms with van der Waals surface area (Å²) in [5.74, 6) is 0.160. The number of nitrogens with one attached hydrogen (secondary N) is 1. The van der Waals surface area contributed by atoms with Crippen molar-refractivity contribution in [3.8, 4) is 0 Å². The van der Waals surface area contributed by atoms with Crippen LogP contribution in [-0.2, 0) is 0 Å². The van der Waals surface area contributed by atoms with Crippen LogP contribution in [0.1, 0.15) is 41.3 Å². The number of anilines is 2. The summed E-state index contributed by atoms with van der Waals surface area (Å²) in [6.07, 6.45) is 2.16. The quantitative estimate of drug-likeness (QED) is 0.628. The van der Waals surface area contributed by atoms with E-state index in [-0.39, 0.29) is 17.2 Å². The highest BCUT2D eigenvalue weighted by Gasteiger charge is 2.25. The van der Waals surface area contributed by atoms with Crippen LogP contribution in [0.15, 0.2) is 36.4 Å². The summed E-state index contributed by atoms with van der Waals surface area (Å²) in [4.78, 5) is 25.9. The van der Waals surface area contributed by atoms with E-state index in [0.29, 0.717) is 17.3 Å². The average molecular weight is 367 g/mol. The third kappa shape index (κ3) is 4.45. The molecule has 0 spiro atoms. The van der Waals surface area contributed by atoms with Gasteiger partial charge in [0.25, 0.3) is 11.6 Å². The summed E-state index contributed by atoms with van der Waals surface area (Å²) in [6.45, 7) is 7.68. The van der Waals surface area contributed by atoms with Gasteiger partial charge in [0.2, 0.25) is 0 Å². The van der Waals surface area contributed by atoms with E-state index >= 15 is 0 Å². The summed E-state index contributed by atoms with van der Waals surface area (Å²) in [6, 6.07) is 10.5. The molecule has 1 unspecified atom stereocenters. The molecule has 1 heterocycles. The SMILES string of the molecule is Cc1cc(C)cc(NC(=O)c2ccc(N3CCCC(C)C3)c([N+](=O)[O-])c2)c1. The lowest BCUT2D eigenvalue weighted by molar-refractivity contribution is -0.384. The molecule has 1 aliphatic heterocycles. The number of nitro groups is 1. The van der Waals surface area contributed by atoms with E-state index in [2.05, 4.69) is 17.1 Å². The van der Waals surface area contributed by atoms with Gasteiger partial charge in [-0.15, -0.1) is 0 Å². The van der Waals surface area contributed by atoms with Gasteiger partial charge in [-0.05, 0) is 68.0 Å². The summed E-state index contributed by atoms with van der Waals surface area (Å²) in [5, 5.41) is 14.5. The average Bonchev–Trinajstić information content (AvgIpc) is 2.60. The van der Waals surface area contributed by atoms with Gasteiger partial charge in [0.05, 0.1) is 4.92 Å². The van der Waals surface area contributed by atoms with Crippen LogP contribution in [0.3, 0.4) is 0 Å². The molecule has 6 nitrogen and oxygen atoms in total. The predicted molar refractivity (Wildman–Crippen MR) is 108 cm³/mol. The number of amides is 1. The molecule has 0 aromatic heterocycles. The van der Waals surface area contributed by atoms with Crippen molar-refractivity contribution in [2.75, 3.05) is 23.3 Å². The molecule has 1 amide bonds. The van der Waals surface area contributed by atoms with Gasteiger partial charge in [-0.2, -0.15) is 0 Å². The zero-order valence-electron chi connectivity index (χ0n) is 16.0. The zero-order valence-corrected chi connectivity index (χ0v) is 16.0. The molecule has 2 aromatic carbocycles. The molecule has 6 heteroatoms. The number of aryl methyl sites for hydroxylation is 2. The van der Waals surface area contributed by atoms with E-state index in [1.165, 1.54) is 6.07 Å². The molecule has 142 valence electrons. The fourth-order valence-corrected chi connectivity index (χ4v) is 3.74. The minimum absolute atomic E-state index is 0.0165. The van der Waals surface area contributed by atoms with E-state index in [1.54, 1.807) is 12.1 Å². The van der Waals surface area contributed by atoms with E-state index in [1.807, 2.05) is 32.0 Å². The van der Waals surface area contributed by atoms with Crippen LogP contribution in [0.4, 0.5) is 17.1 Å². The molecule has 2 aromatic rings. The highest BCUT2D eigenvalue weighted by molar-refractivity contribution is 6.05. The van der Waals surface area contributed by atoms with Crippen LogP contribution in [0.25, 0.3) is 0 Å². The first-order valence-electron chi connectivity index (χ1n) is 9.26. The van der Waals surface area contributed by atoms with Gasteiger partial charge in [-0.25, -0.2) is 0 Å². The van der Waals surface area contributed by atoms with Crippen LogP contribution in [-0.4, -0.2) is 23.9 Å². The van der Waals surface area contributed by atoms with Gasteiger partial charge in [-0.3, -0.25) is 14.9 Å². The van der Waals surface area contributed by atoms with E-state index in [4.69, 9.17) is 0 Å². The molecule has 3 rings (SSSR count). The second kappa shape index (κ2) is 7.78. The first-order chi connectivity index (χ1) is 12.8. The Hall–Kier alpha value is -2.89. The van der Waals surface area contributed by atoms with Crippen molar-refractivity contribution in [3.63, 3.8) is 0 Å². The number of hydrogen-bond acceptors (Lipinski definition) is 4. The molecule has 1 fully saturated rings. The van der Waals surface area contributed by atoms with Gasteiger partial charge in [-0.1, -0.05) is 13.0 Å². The molecule has 1 atom stereocenters. The second-order valence-corrected chi connectivity index (χ2v) is 7.48. The maximum Gasteiger partial charge on any atom is 0.293 e. The van der Waals surface area contributed by atoms with E-state index in [9.17, 15) is 14.9 Å². The summed E-state index contributed by atoms with van der Waals surface area (Å²) in [7, 11) is 0. The Morgan fingerprint density at radius 3 is 2.52 bits per heavy atom. The topological polar surface area (TPSA) is 75.5 Å². The molecule has 1 aliphatic rings. The summed E-state index contributed by atoms with van der Waals surface area (Å²) < 4.78 is 0. The molecular formula is C21H25N3O3. The summed E-state index contributed by atoms with van der Waals surface area (Å²) in [5.41, 5.74) is 3.65. The maximum atomic E-state index is 12.6. The number of carbonyl (C=O) groups excluding carboxylic acids is 1. The Kier molecular flexibility index (Phi) is 5.44.